The number of nitrogens with zero attached hydrogens (tertiary/aromatic N) is 3. The number of carbonyl (C=O) groups is 2. The van der Waals surface area contributed by atoms with Crippen LogP contribution in [-0.2, 0) is 20.7 Å². The van der Waals surface area contributed by atoms with Gasteiger partial charge in [0.25, 0.3) is 0 Å². The molecule has 2 aromatic rings. The van der Waals surface area contributed by atoms with Crippen molar-refractivity contribution in [2.75, 3.05) is 32.8 Å². The predicted molar refractivity (Wildman–Crippen MR) is 107 cm³/mol. The third kappa shape index (κ3) is 4.19. The van der Waals surface area contributed by atoms with Crippen LogP contribution in [0.5, 0.6) is 0 Å². The van der Waals surface area contributed by atoms with Gasteiger partial charge >= 0.3 is 0 Å². The zero-order valence-corrected chi connectivity index (χ0v) is 17.0. The molecule has 2 fully saturated rings. The molecule has 29 heavy (non-hydrogen) atoms. The molecule has 0 N–H and O–H groups in total. The zero-order chi connectivity index (χ0) is 20.4. The molecule has 0 saturated carbocycles. The van der Waals surface area contributed by atoms with Crippen LogP contribution in [0.25, 0.3) is 11.5 Å². The number of aromatic nitrogens is 1. The average molecular weight is 397 g/mol. The lowest BCUT2D eigenvalue weighted by atomic mass is 10.1. The second-order valence-corrected chi connectivity index (χ2v) is 7.75. The van der Waals surface area contributed by atoms with Gasteiger partial charge in [0.15, 0.2) is 0 Å². The molecule has 0 bridgehead atoms. The Morgan fingerprint density at radius 2 is 1.97 bits per heavy atom. The van der Waals surface area contributed by atoms with Gasteiger partial charge in [0.2, 0.25) is 17.7 Å². The van der Waals surface area contributed by atoms with Gasteiger partial charge in [0.05, 0.1) is 25.3 Å². The van der Waals surface area contributed by atoms with Gasteiger partial charge in [0, 0.05) is 25.2 Å². The summed E-state index contributed by atoms with van der Waals surface area (Å²) in [6.07, 6.45) is 1.71. The van der Waals surface area contributed by atoms with Crippen LogP contribution < -0.4 is 0 Å². The fourth-order valence-electron chi connectivity index (χ4n) is 4.05. The summed E-state index contributed by atoms with van der Waals surface area (Å²) in [7, 11) is 0. The van der Waals surface area contributed by atoms with Crippen LogP contribution in [0.3, 0.4) is 0 Å². The molecular formula is C22H27N3O4. The van der Waals surface area contributed by atoms with Crippen molar-refractivity contribution in [2.45, 2.75) is 39.2 Å². The molecule has 4 rings (SSSR count). The van der Waals surface area contributed by atoms with E-state index in [1.807, 2.05) is 43.0 Å². The van der Waals surface area contributed by atoms with E-state index in [4.69, 9.17) is 9.15 Å². The molecule has 1 aromatic carbocycles. The van der Waals surface area contributed by atoms with Gasteiger partial charge in [-0.25, -0.2) is 4.98 Å². The van der Waals surface area contributed by atoms with E-state index in [1.54, 1.807) is 4.90 Å². The van der Waals surface area contributed by atoms with E-state index >= 15 is 0 Å². The number of rotatable bonds is 4. The number of oxazole rings is 1. The Labute approximate surface area is 170 Å². The molecule has 0 radical (unpaired) electrons. The van der Waals surface area contributed by atoms with E-state index in [-0.39, 0.29) is 24.3 Å². The van der Waals surface area contributed by atoms with E-state index < -0.39 is 0 Å². The molecule has 0 aliphatic carbocycles. The lowest BCUT2D eigenvalue weighted by molar-refractivity contribution is -0.146. The van der Waals surface area contributed by atoms with Crippen LogP contribution in [0.4, 0.5) is 0 Å². The van der Waals surface area contributed by atoms with Gasteiger partial charge in [0.1, 0.15) is 11.8 Å². The number of morpholine rings is 1. The molecule has 1 unspecified atom stereocenters. The van der Waals surface area contributed by atoms with Gasteiger partial charge in [-0.1, -0.05) is 17.7 Å². The maximum atomic E-state index is 13.0. The summed E-state index contributed by atoms with van der Waals surface area (Å²) in [5, 5.41) is 0. The Balaban J connectivity index is 1.46. The molecular weight excluding hydrogens is 370 g/mol. The maximum absolute atomic E-state index is 13.0. The third-order valence-electron chi connectivity index (χ3n) is 5.66. The summed E-state index contributed by atoms with van der Waals surface area (Å²) < 4.78 is 11.1. The predicted octanol–water partition coefficient (Wildman–Crippen LogP) is 2.35. The van der Waals surface area contributed by atoms with Crippen LogP contribution in [0.1, 0.15) is 29.9 Å². The van der Waals surface area contributed by atoms with Crippen molar-refractivity contribution in [2.24, 2.45) is 0 Å². The van der Waals surface area contributed by atoms with E-state index in [1.165, 1.54) is 0 Å². The molecule has 0 spiro atoms. The first kappa shape index (κ1) is 19.6. The quantitative estimate of drug-likeness (QED) is 0.792. The molecule has 1 aromatic heterocycles. The van der Waals surface area contributed by atoms with Crippen molar-refractivity contribution >= 4 is 11.8 Å². The lowest BCUT2D eigenvalue weighted by Gasteiger charge is -2.32. The highest BCUT2D eigenvalue weighted by molar-refractivity contribution is 5.89. The number of hydrogen-bond donors (Lipinski definition) is 0. The number of amides is 2. The Morgan fingerprint density at radius 3 is 2.72 bits per heavy atom. The number of hydrogen-bond acceptors (Lipinski definition) is 5. The zero-order valence-electron chi connectivity index (χ0n) is 17.0. The number of benzene rings is 1. The lowest BCUT2D eigenvalue weighted by Crippen LogP contribution is -2.51. The molecule has 154 valence electrons. The van der Waals surface area contributed by atoms with Crippen LogP contribution in [0.2, 0.25) is 0 Å². The summed E-state index contributed by atoms with van der Waals surface area (Å²) in [5.74, 6) is 1.14. The fraction of sp³-hybridized carbons (Fsp3) is 0.500. The van der Waals surface area contributed by atoms with Gasteiger partial charge in [-0.15, -0.1) is 0 Å². The van der Waals surface area contributed by atoms with E-state index in [2.05, 4.69) is 4.98 Å². The van der Waals surface area contributed by atoms with E-state index in [0.29, 0.717) is 56.6 Å². The first-order valence-electron chi connectivity index (χ1n) is 10.2. The van der Waals surface area contributed by atoms with Gasteiger partial charge in [-0.2, -0.15) is 0 Å². The van der Waals surface area contributed by atoms with Gasteiger partial charge in [-0.3, -0.25) is 9.59 Å². The SMILES string of the molecule is Cc1cccc(-c2nc(CC(=O)N3CCCC3C(=O)N3CCOCC3)c(C)o2)c1. The first-order valence-corrected chi connectivity index (χ1v) is 10.2. The monoisotopic (exact) mass is 397 g/mol. The van der Waals surface area contributed by atoms with Crippen molar-refractivity contribution in [3.8, 4) is 11.5 Å². The molecule has 2 amide bonds. The number of carbonyl (C=O) groups excluding carboxylic acids is 2. The largest absolute Gasteiger partial charge is 0.441 e. The molecule has 7 heteroatoms. The van der Waals surface area contributed by atoms with Crippen molar-refractivity contribution in [3.05, 3.63) is 41.3 Å². The van der Waals surface area contributed by atoms with Crippen LogP contribution in [0.15, 0.2) is 28.7 Å². The maximum Gasteiger partial charge on any atom is 0.245 e. The molecule has 7 nitrogen and oxygen atoms in total. The first-order chi connectivity index (χ1) is 14.0. The Hall–Kier alpha value is -2.67. The highest BCUT2D eigenvalue weighted by Gasteiger charge is 2.37. The Kier molecular flexibility index (Phi) is 5.67. The third-order valence-corrected chi connectivity index (χ3v) is 5.66. The summed E-state index contributed by atoms with van der Waals surface area (Å²) in [6.45, 7) is 6.77. The van der Waals surface area contributed by atoms with Crippen LogP contribution in [-0.4, -0.2) is 65.5 Å². The van der Waals surface area contributed by atoms with Crippen molar-refractivity contribution < 1.29 is 18.7 Å². The van der Waals surface area contributed by atoms with Crippen molar-refractivity contribution in [3.63, 3.8) is 0 Å². The number of ether oxygens (including phenoxy) is 1. The standard InChI is InChI=1S/C22H27N3O4/c1-15-5-3-6-17(13-15)21-23-18(16(2)29-21)14-20(26)25-8-4-7-19(25)22(27)24-9-11-28-12-10-24/h3,5-6,13,19H,4,7-12,14H2,1-2H3. The Bertz CT molecular complexity index is 901. The minimum Gasteiger partial charge on any atom is -0.441 e. The second kappa shape index (κ2) is 8.37. The van der Waals surface area contributed by atoms with Crippen molar-refractivity contribution in [1.29, 1.82) is 0 Å². The second-order valence-electron chi connectivity index (χ2n) is 7.75. The van der Waals surface area contributed by atoms with Crippen LogP contribution >= 0.6 is 0 Å². The normalized spacial score (nSPS) is 19.6. The summed E-state index contributed by atoms with van der Waals surface area (Å²) in [4.78, 5) is 34.0. The molecule has 2 aliphatic rings. The fourth-order valence-corrected chi connectivity index (χ4v) is 4.05. The molecule has 2 saturated heterocycles. The Morgan fingerprint density at radius 1 is 1.17 bits per heavy atom. The van der Waals surface area contributed by atoms with E-state index in [9.17, 15) is 9.59 Å². The minimum atomic E-state index is -0.371. The number of aryl methyl sites for hydroxylation is 2. The van der Waals surface area contributed by atoms with Crippen LogP contribution in [0, 0.1) is 13.8 Å². The smallest absolute Gasteiger partial charge is 0.245 e. The molecule has 2 aliphatic heterocycles. The van der Waals surface area contributed by atoms with Crippen molar-refractivity contribution in [1.82, 2.24) is 14.8 Å². The summed E-state index contributed by atoms with van der Waals surface area (Å²) in [5.41, 5.74) is 2.65. The highest BCUT2D eigenvalue weighted by Crippen LogP contribution is 2.25. The molecule has 3 heterocycles. The number of likely N-dealkylation sites (tertiary alicyclic amines) is 1. The highest BCUT2D eigenvalue weighted by atomic mass is 16.5. The molecule has 1 atom stereocenters. The average Bonchev–Trinajstić information content (AvgIpc) is 3.35. The minimum absolute atomic E-state index is 0.0384. The van der Waals surface area contributed by atoms with Gasteiger partial charge < -0.3 is 19.0 Å². The van der Waals surface area contributed by atoms with E-state index in [0.717, 1.165) is 17.5 Å². The summed E-state index contributed by atoms with van der Waals surface area (Å²) >= 11 is 0. The summed E-state index contributed by atoms with van der Waals surface area (Å²) in [6, 6.07) is 7.56. The van der Waals surface area contributed by atoms with Gasteiger partial charge in [-0.05, 0) is 38.8 Å². The topological polar surface area (TPSA) is 75.9 Å².